The Morgan fingerprint density at radius 3 is 2.46 bits per heavy atom. The fourth-order valence-electron chi connectivity index (χ4n) is 2.63. The van der Waals surface area contributed by atoms with Crippen LogP contribution in [0.25, 0.3) is 0 Å². The highest BCUT2D eigenvalue weighted by Gasteiger charge is 2.11. The molecule has 0 bridgehead atoms. The van der Waals surface area contributed by atoms with E-state index in [-0.39, 0.29) is 6.61 Å². The molecule has 2 aromatic carbocycles. The summed E-state index contributed by atoms with van der Waals surface area (Å²) in [7, 11) is 0. The molecule has 0 saturated carbocycles. The fourth-order valence-corrected chi connectivity index (χ4v) is 2.63. The maximum absolute atomic E-state index is 8.75. The molecule has 0 saturated heterocycles. The second kappa shape index (κ2) is 12.3. The molecule has 0 atom stereocenters. The highest BCUT2D eigenvalue weighted by molar-refractivity contribution is 5.46. The van der Waals surface area contributed by atoms with Gasteiger partial charge >= 0.3 is 0 Å². The maximum atomic E-state index is 8.75. The van der Waals surface area contributed by atoms with Gasteiger partial charge in [-0.15, -0.1) is 0 Å². The molecule has 0 aliphatic carbocycles. The van der Waals surface area contributed by atoms with Crippen molar-refractivity contribution < 1.29 is 14.6 Å². The minimum Gasteiger partial charge on any atom is -0.490 e. The van der Waals surface area contributed by atoms with Crippen LogP contribution in [0.4, 0.5) is 0 Å². The number of aliphatic hydroxyl groups is 1. The molecule has 0 unspecified atom stereocenters. The molecule has 0 aliphatic rings. The average molecular weight is 358 g/mol. The van der Waals surface area contributed by atoms with Gasteiger partial charge in [0, 0.05) is 18.7 Å². The van der Waals surface area contributed by atoms with Crippen molar-refractivity contribution in [2.75, 3.05) is 32.8 Å². The molecule has 5 heteroatoms. The van der Waals surface area contributed by atoms with Gasteiger partial charge in [-0.2, -0.15) is 0 Å². The summed E-state index contributed by atoms with van der Waals surface area (Å²) in [4.78, 5) is 0. The second-order valence-electron chi connectivity index (χ2n) is 5.96. The molecular weight excluding hydrogens is 328 g/mol. The van der Waals surface area contributed by atoms with Crippen LogP contribution in [-0.4, -0.2) is 38.0 Å². The molecule has 0 amide bonds. The van der Waals surface area contributed by atoms with Gasteiger partial charge in [-0.25, -0.2) is 0 Å². The molecule has 0 spiro atoms. The molecule has 3 N–H and O–H groups in total. The van der Waals surface area contributed by atoms with Crippen LogP contribution in [0.1, 0.15) is 24.5 Å². The quantitative estimate of drug-likeness (QED) is 0.481. The van der Waals surface area contributed by atoms with E-state index < -0.39 is 0 Å². The Kier molecular flexibility index (Phi) is 9.57. The SMILES string of the molecule is CCOc1cccc(CNCCCNCCO)c1OCc1ccccc1. The van der Waals surface area contributed by atoms with Gasteiger partial charge in [0.1, 0.15) is 6.61 Å². The van der Waals surface area contributed by atoms with Crippen LogP contribution in [0.2, 0.25) is 0 Å². The van der Waals surface area contributed by atoms with Gasteiger partial charge in [0.15, 0.2) is 11.5 Å². The molecule has 2 rings (SSSR count). The van der Waals surface area contributed by atoms with Crippen LogP contribution in [0.5, 0.6) is 11.5 Å². The van der Waals surface area contributed by atoms with Gasteiger partial charge in [-0.05, 0) is 38.1 Å². The molecule has 0 heterocycles. The molecule has 0 aliphatic heterocycles. The number of benzene rings is 2. The number of ether oxygens (including phenoxy) is 2. The molecule has 0 fully saturated rings. The van der Waals surface area contributed by atoms with E-state index in [0.29, 0.717) is 19.8 Å². The second-order valence-corrected chi connectivity index (χ2v) is 5.96. The van der Waals surface area contributed by atoms with E-state index in [1.807, 2.05) is 37.3 Å². The highest BCUT2D eigenvalue weighted by Crippen LogP contribution is 2.32. The Morgan fingerprint density at radius 1 is 0.885 bits per heavy atom. The predicted molar refractivity (Wildman–Crippen MR) is 105 cm³/mol. The predicted octanol–water partition coefficient (Wildman–Crippen LogP) is 2.73. The zero-order valence-corrected chi connectivity index (χ0v) is 15.5. The van der Waals surface area contributed by atoms with Crippen molar-refractivity contribution in [1.82, 2.24) is 10.6 Å². The smallest absolute Gasteiger partial charge is 0.166 e. The maximum Gasteiger partial charge on any atom is 0.166 e. The number of nitrogens with one attached hydrogen (secondary N) is 2. The summed E-state index contributed by atoms with van der Waals surface area (Å²) in [6.45, 7) is 6.45. The van der Waals surface area contributed by atoms with Crippen molar-refractivity contribution in [3.63, 3.8) is 0 Å². The van der Waals surface area contributed by atoms with E-state index in [0.717, 1.165) is 48.7 Å². The lowest BCUT2D eigenvalue weighted by molar-refractivity contribution is 0.266. The first kappa shape index (κ1) is 20.2. The van der Waals surface area contributed by atoms with Crippen LogP contribution < -0.4 is 20.1 Å². The van der Waals surface area contributed by atoms with Crippen molar-refractivity contribution in [3.8, 4) is 11.5 Å². The third-order valence-corrected chi connectivity index (χ3v) is 3.90. The van der Waals surface area contributed by atoms with Crippen molar-refractivity contribution in [2.24, 2.45) is 0 Å². The van der Waals surface area contributed by atoms with E-state index in [2.05, 4.69) is 28.8 Å². The topological polar surface area (TPSA) is 62.8 Å². The van der Waals surface area contributed by atoms with Gasteiger partial charge in [-0.3, -0.25) is 0 Å². The molecule has 26 heavy (non-hydrogen) atoms. The third kappa shape index (κ3) is 7.04. The standard InChI is InChI=1S/C21H30N2O3/c1-2-25-20-11-6-10-19(16-23-13-7-12-22-14-15-24)21(20)26-17-18-8-4-3-5-9-18/h3-6,8-11,22-24H,2,7,12-17H2,1H3. The summed E-state index contributed by atoms with van der Waals surface area (Å²) >= 11 is 0. The molecule has 5 nitrogen and oxygen atoms in total. The van der Waals surface area contributed by atoms with Crippen LogP contribution in [0, 0.1) is 0 Å². The molecule has 142 valence electrons. The lowest BCUT2D eigenvalue weighted by Gasteiger charge is -2.16. The van der Waals surface area contributed by atoms with E-state index in [1.54, 1.807) is 0 Å². The number of aliphatic hydroxyl groups excluding tert-OH is 1. The summed E-state index contributed by atoms with van der Waals surface area (Å²) < 4.78 is 11.9. The van der Waals surface area contributed by atoms with E-state index >= 15 is 0 Å². The van der Waals surface area contributed by atoms with E-state index in [9.17, 15) is 0 Å². The number of rotatable bonds is 13. The Labute approximate surface area is 156 Å². The molecule has 0 radical (unpaired) electrons. The zero-order chi connectivity index (χ0) is 18.5. The van der Waals surface area contributed by atoms with E-state index in [4.69, 9.17) is 14.6 Å². The van der Waals surface area contributed by atoms with Crippen molar-refractivity contribution in [1.29, 1.82) is 0 Å². The highest BCUT2D eigenvalue weighted by atomic mass is 16.5. The number of hydrogen-bond acceptors (Lipinski definition) is 5. The molecule has 0 aromatic heterocycles. The van der Waals surface area contributed by atoms with Crippen LogP contribution in [0.15, 0.2) is 48.5 Å². The lowest BCUT2D eigenvalue weighted by Crippen LogP contribution is -2.24. The zero-order valence-electron chi connectivity index (χ0n) is 15.5. The largest absolute Gasteiger partial charge is 0.490 e. The monoisotopic (exact) mass is 358 g/mol. The van der Waals surface area contributed by atoms with Crippen molar-refractivity contribution >= 4 is 0 Å². The Morgan fingerprint density at radius 2 is 1.69 bits per heavy atom. The van der Waals surface area contributed by atoms with Gasteiger partial charge < -0.3 is 25.2 Å². The van der Waals surface area contributed by atoms with E-state index in [1.165, 1.54) is 0 Å². The molecule has 2 aromatic rings. The summed E-state index contributed by atoms with van der Waals surface area (Å²) in [5.74, 6) is 1.59. The lowest BCUT2D eigenvalue weighted by atomic mass is 10.1. The summed E-state index contributed by atoms with van der Waals surface area (Å²) in [5.41, 5.74) is 2.22. The number of para-hydroxylation sites is 1. The first-order chi connectivity index (χ1) is 12.8. The van der Waals surface area contributed by atoms with Crippen molar-refractivity contribution in [2.45, 2.75) is 26.5 Å². The van der Waals surface area contributed by atoms with Gasteiger partial charge in [0.2, 0.25) is 0 Å². The Bertz CT molecular complexity index is 620. The van der Waals surface area contributed by atoms with Gasteiger partial charge in [0.25, 0.3) is 0 Å². The Balaban J connectivity index is 1.92. The average Bonchev–Trinajstić information content (AvgIpc) is 2.67. The van der Waals surface area contributed by atoms with Crippen LogP contribution in [-0.2, 0) is 13.2 Å². The van der Waals surface area contributed by atoms with Crippen LogP contribution >= 0.6 is 0 Å². The van der Waals surface area contributed by atoms with Gasteiger partial charge in [-0.1, -0.05) is 42.5 Å². The normalized spacial score (nSPS) is 10.7. The first-order valence-corrected chi connectivity index (χ1v) is 9.28. The van der Waals surface area contributed by atoms with Gasteiger partial charge in [0.05, 0.1) is 13.2 Å². The minimum absolute atomic E-state index is 0.180. The number of hydrogen-bond donors (Lipinski definition) is 3. The Hall–Kier alpha value is -2.08. The summed E-state index contributed by atoms with van der Waals surface area (Å²) in [6.07, 6.45) is 1.01. The fraction of sp³-hybridized carbons (Fsp3) is 0.429. The summed E-state index contributed by atoms with van der Waals surface area (Å²) in [6, 6.07) is 16.2. The van der Waals surface area contributed by atoms with Crippen molar-refractivity contribution in [3.05, 3.63) is 59.7 Å². The molecular formula is C21H30N2O3. The first-order valence-electron chi connectivity index (χ1n) is 9.28. The van der Waals surface area contributed by atoms with Crippen LogP contribution in [0.3, 0.4) is 0 Å². The third-order valence-electron chi connectivity index (χ3n) is 3.90. The minimum atomic E-state index is 0.180. The summed E-state index contributed by atoms with van der Waals surface area (Å²) in [5, 5.41) is 15.4.